The molecule has 0 saturated carbocycles. The molecule has 0 fully saturated rings. The van der Waals surface area contributed by atoms with Gasteiger partial charge < -0.3 is 0 Å². The Kier molecular flexibility index (Phi) is 5.18. The first-order chi connectivity index (χ1) is 5.07. The van der Waals surface area contributed by atoms with Crippen molar-refractivity contribution in [3.8, 4) is 0 Å². The highest BCUT2D eigenvalue weighted by molar-refractivity contribution is 5.77. The summed E-state index contributed by atoms with van der Waals surface area (Å²) in [6, 6.07) is 0. The van der Waals surface area contributed by atoms with Crippen LogP contribution < -0.4 is 0 Å². The molecule has 0 aliphatic carbocycles. The van der Waals surface area contributed by atoms with Gasteiger partial charge in [-0.1, -0.05) is 33.6 Å². The molecule has 0 aliphatic rings. The van der Waals surface area contributed by atoms with Crippen molar-refractivity contribution in [3.05, 3.63) is 0 Å². The van der Waals surface area contributed by atoms with E-state index in [-0.39, 0.29) is 5.92 Å². The van der Waals surface area contributed by atoms with Crippen LogP contribution in [0.1, 0.15) is 47.0 Å². The second-order valence-corrected chi connectivity index (χ2v) is 3.60. The number of ketones is 1. The quantitative estimate of drug-likeness (QED) is 0.598. The van der Waals surface area contributed by atoms with Crippen molar-refractivity contribution in [1.29, 1.82) is 0 Å². The predicted octanol–water partition coefficient (Wildman–Crippen LogP) is 3.04. The average Bonchev–Trinajstić information content (AvgIpc) is 1.99. The van der Waals surface area contributed by atoms with Gasteiger partial charge in [-0.05, 0) is 19.3 Å². The third kappa shape index (κ3) is 5.00. The van der Waals surface area contributed by atoms with Crippen LogP contribution in [0.4, 0.5) is 0 Å². The third-order valence-electron chi connectivity index (χ3n) is 2.48. The molecule has 0 rings (SSSR count). The van der Waals surface area contributed by atoms with Crippen molar-refractivity contribution < 1.29 is 4.79 Å². The molecule has 66 valence electrons. The smallest absolute Gasteiger partial charge is 0.132 e. The standard InChI is InChI=1S/C10H20O/c1-5-8(2)6-7-9(3)10(4)11/h8-9H,5-7H2,1-4H3. The predicted molar refractivity (Wildman–Crippen MR) is 48.5 cm³/mol. The zero-order valence-corrected chi connectivity index (χ0v) is 8.18. The summed E-state index contributed by atoms with van der Waals surface area (Å²) in [5, 5.41) is 0. The van der Waals surface area contributed by atoms with Gasteiger partial charge in [-0.25, -0.2) is 0 Å². The van der Waals surface area contributed by atoms with Gasteiger partial charge in [0.2, 0.25) is 0 Å². The van der Waals surface area contributed by atoms with Crippen molar-refractivity contribution >= 4 is 5.78 Å². The van der Waals surface area contributed by atoms with Gasteiger partial charge in [0.15, 0.2) is 0 Å². The Morgan fingerprint density at radius 3 is 2.18 bits per heavy atom. The molecule has 1 nitrogen and oxygen atoms in total. The maximum Gasteiger partial charge on any atom is 0.132 e. The summed E-state index contributed by atoms with van der Waals surface area (Å²) in [4.78, 5) is 10.8. The first-order valence-corrected chi connectivity index (χ1v) is 4.58. The Bertz CT molecular complexity index is 118. The van der Waals surface area contributed by atoms with E-state index in [1.165, 1.54) is 12.8 Å². The minimum absolute atomic E-state index is 0.268. The van der Waals surface area contributed by atoms with Gasteiger partial charge in [0.25, 0.3) is 0 Å². The first-order valence-electron chi connectivity index (χ1n) is 4.58. The molecule has 2 unspecified atom stereocenters. The van der Waals surface area contributed by atoms with Crippen LogP contribution in [0.5, 0.6) is 0 Å². The molecule has 0 saturated heterocycles. The number of carbonyl (C=O) groups is 1. The van der Waals surface area contributed by atoms with E-state index in [1.807, 2.05) is 6.92 Å². The second-order valence-electron chi connectivity index (χ2n) is 3.60. The molecule has 0 aliphatic heterocycles. The molecule has 0 aromatic heterocycles. The van der Waals surface area contributed by atoms with E-state index in [4.69, 9.17) is 0 Å². The van der Waals surface area contributed by atoms with Gasteiger partial charge in [0, 0.05) is 5.92 Å². The van der Waals surface area contributed by atoms with Crippen LogP contribution in [0, 0.1) is 11.8 Å². The number of hydrogen-bond acceptors (Lipinski definition) is 1. The summed E-state index contributed by atoms with van der Waals surface area (Å²) >= 11 is 0. The molecule has 0 amide bonds. The summed E-state index contributed by atoms with van der Waals surface area (Å²) in [6.07, 6.45) is 3.48. The normalized spacial score (nSPS) is 16.0. The largest absolute Gasteiger partial charge is 0.300 e. The van der Waals surface area contributed by atoms with Crippen LogP contribution in [-0.4, -0.2) is 5.78 Å². The number of carbonyl (C=O) groups excluding carboxylic acids is 1. The lowest BCUT2D eigenvalue weighted by Crippen LogP contribution is -2.07. The average molecular weight is 156 g/mol. The molecule has 0 N–H and O–H groups in total. The van der Waals surface area contributed by atoms with Crippen molar-refractivity contribution in [2.24, 2.45) is 11.8 Å². The van der Waals surface area contributed by atoms with Gasteiger partial charge in [-0.15, -0.1) is 0 Å². The zero-order chi connectivity index (χ0) is 8.85. The summed E-state index contributed by atoms with van der Waals surface area (Å²) in [6.45, 7) is 8.14. The van der Waals surface area contributed by atoms with E-state index in [0.29, 0.717) is 5.78 Å². The Hall–Kier alpha value is -0.330. The van der Waals surface area contributed by atoms with Crippen LogP contribution >= 0.6 is 0 Å². The Labute approximate surface area is 70.2 Å². The van der Waals surface area contributed by atoms with Crippen LogP contribution in [0.25, 0.3) is 0 Å². The van der Waals surface area contributed by atoms with Crippen LogP contribution in [-0.2, 0) is 4.79 Å². The number of hydrogen-bond donors (Lipinski definition) is 0. The minimum Gasteiger partial charge on any atom is -0.300 e. The fraction of sp³-hybridized carbons (Fsp3) is 0.900. The third-order valence-corrected chi connectivity index (χ3v) is 2.48. The van der Waals surface area contributed by atoms with E-state index in [0.717, 1.165) is 12.3 Å². The van der Waals surface area contributed by atoms with Gasteiger partial charge in [-0.3, -0.25) is 4.79 Å². The van der Waals surface area contributed by atoms with E-state index >= 15 is 0 Å². The van der Waals surface area contributed by atoms with E-state index in [2.05, 4.69) is 13.8 Å². The molecule has 0 radical (unpaired) electrons. The SMILES string of the molecule is CCC(C)CCC(C)C(C)=O. The Balaban J connectivity index is 3.45. The van der Waals surface area contributed by atoms with E-state index in [1.54, 1.807) is 6.92 Å². The maximum atomic E-state index is 10.8. The molecule has 0 aromatic rings. The Morgan fingerprint density at radius 2 is 1.82 bits per heavy atom. The topological polar surface area (TPSA) is 17.1 Å². The fourth-order valence-corrected chi connectivity index (χ4v) is 0.942. The highest BCUT2D eigenvalue weighted by Crippen LogP contribution is 2.14. The van der Waals surface area contributed by atoms with Gasteiger partial charge in [-0.2, -0.15) is 0 Å². The maximum absolute atomic E-state index is 10.8. The summed E-state index contributed by atoms with van der Waals surface area (Å²) < 4.78 is 0. The van der Waals surface area contributed by atoms with Gasteiger partial charge in [0.1, 0.15) is 5.78 Å². The molecule has 0 bridgehead atoms. The van der Waals surface area contributed by atoms with Crippen molar-refractivity contribution in [1.82, 2.24) is 0 Å². The zero-order valence-electron chi connectivity index (χ0n) is 8.18. The van der Waals surface area contributed by atoms with Crippen LogP contribution in [0.15, 0.2) is 0 Å². The van der Waals surface area contributed by atoms with Gasteiger partial charge >= 0.3 is 0 Å². The molecule has 0 aromatic carbocycles. The summed E-state index contributed by atoms with van der Waals surface area (Å²) in [5.41, 5.74) is 0. The van der Waals surface area contributed by atoms with E-state index in [9.17, 15) is 4.79 Å². The molecule has 2 atom stereocenters. The van der Waals surface area contributed by atoms with Crippen molar-refractivity contribution in [3.63, 3.8) is 0 Å². The minimum atomic E-state index is 0.268. The van der Waals surface area contributed by atoms with E-state index < -0.39 is 0 Å². The van der Waals surface area contributed by atoms with Gasteiger partial charge in [0.05, 0.1) is 0 Å². The first kappa shape index (κ1) is 10.7. The lowest BCUT2D eigenvalue weighted by atomic mass is 9.94. The van der Waals surface area contributed by atoms with Crippen molar-refractivity contribution in [2.75, 3.05) is 0 Å². The highest BCUT2D eigenvalue weighted by Gasteiger charge is 2.08. The molecule has 0 spiro atoms. The highest BCUT2D eigenvalue weighted by atomic mass is 16.1. The second kappa shape index (κ2) is 5.34. The number of rotatable bonds is 5. The molecule has 1 heteroatoms. The summed E-state index contributed by atoms with van der Waals surface area (Å²) in [5.74, 6) is 1.37. The van der Waals surface area contributed by atoms with Crippen LogP contribution in [0.3, 0.4) is 0 Å². The molecule has 11 heavy (non-hydrogen) atoms. The lowest BCUT2D eigenvalue weighted by molar-refractivity contribution is -0.120. The Morgan fingerprint density at radius 1 is 1.27 bits per heavy atom. The lowest BCUT2D eigenvalue weighted by Gasteiger charge is -2.10. The fourth-order valence-electron chi connectivity index (χ4n) is 0.942. The van der Waals surface area contributed by atoms with Crippen LogP contribution in [0.2, 0.25) is 0 Å². The van der Waals surface area contributed by atoms with Crippen molar-refractivity contribution in [2.45, 2.75) is 47.0 Å². The molecule has 0 heterocycles. The molecular formula is C10H20O. The molecular weight excluding hydrogens is 136 g/mol. The monoisotopic (exact) mass is 156 g/mol. The number of Topliss-reactive ketones (excluding diaryl/α,β-unsaturated/α-hetero) is 1. The summed E-state index contributed by atoms with van der Waals surface area (Å²) in [7, 11) is 0.